The van der Waals surface area contributed by atoms with Crippen LogP contribution in [0.4, 0.5) is 0 Å². The molecule has 0 fully saturated rings. The second-order valence-electron chi connectivity index (χ2n) is 6.39. The molecule has 0 saturated heterocycles. The molecule has 2 aromatic rings. The lowest BCUT2D eigenvalue weighted by atomic mass is 9.73. The Morgan fingerprint density at radius 2 is 2.00 bits per heavy atom. The fourth-order valence-corrected chi connectivity index (χ4v) is 3.17. The monoisotopic (exact) mass is 355 g/mol. The minimum absolute atomic E-state index is 0.0132. The Bertz CT molecular complexity index is 750. The quantitative estimate of drug-likeness (QED) is 0.652. The van der Waals surface area contributed by atoms with Gasteiger partial charge in [-0.2, -0.15) is 0 Å². The molecule has 1 heterocycles. The molecule has 2 aromatic carbocycles. The van der Waals surface area contributed by atoms with Gasteiger partial charge in [0.05, 0.1) is 26.1 Å². The Hall–Kier alpha value is -2.51. The maximum Gasteiger partial charge on any atom is 0.475 e. The zero-order chi connectivity index (χ0) is 18.5. The summed E-state index contributed by atoms with van der Waals surface area (Å²) >= 11 is 0. The molecule has 1 amide bonds. The van der Waals surface area contributed by atoms with E-state index in [1.165, 1.54) is 0 Å². The van der Waals surface area contributed by atoms with Crippen LogP contribution in [-0.4, -0.2) is 42.7 Å². The molecule has 3 N–H and O–H groups in total. The normalized spacial score (nSPS) is 16.3. The van der Waals surface area contributed by atoms with E-state index >= 15 is 0 Å². The van der Waals surface area contributed by atoms with E-state index in [-0.39, 0.29) is 18.2 Å². The molecule has 1 aliphatic heterocycles. The summed E-state index contributed by atoms with van der Waals surface area (Å²) in [6.07, 6.45) is 0.550. The molecule has 0 saturated carbocycles. The molecule has 0 radical (unpaired) electrons. The summed E-state index contributed by atoms with van der Waals surface area (Å²) in [5.41, 5.74) is 1.85. The molecular weight excluding hydrogens is 333 g/mol. The van der Waals surface area contributed by atoms with Crippen LogP contribution in [0.5, 0.6) is 11.5 Å². The van der Waals surface area contributed by atoms with Gasteiger partial charge in [-0.1, -0.05) is 30.3 Å². The molecule has 1 aliphatic rings. The average Bonchev–Trinajstić information content (AvgIpc) is 3.05. The maximum absolute atomic E-state index is 12.3. The molecule has 2 atom stereocenters. The van der Waals surface area contributed by atoms with Crippen LogP contribution in [0.15, 0.2) is 48.5 Å². The largest absolute Gasteiger partial charge is 0.497 e. The van der Waals surface area contributed by atoms with Gasteiger partial charge in [0.2, 0.25) is 5.91 Å². The van der Waals surface area contributed by atoms with Gasteiger partial charge in [0.25, 0.3) is 0 Å². The third kappa shape index (κ3) is 4.36. The second kappa shape index (κ2) is 8.25. The summed E-state index contributed by atoms with van der Waals surface area (Å²) in [6.45, 7) is 0.469. The molecule has 0 spiro atoms. The van der Waals surface area contributed by atoms with Crippen LogP contribution in [0.2, 0.25) is 0 Å². The summed E-state index contributed by atoms with van der Waals surface area (Å²) in [5, 5.41) is 22.1. The van der Waals surface area contributed by atoms with Crippen LogP contribution in [0.3, 0.4) is 0 Å². The van der Waals surface area contributed by atoms with Crippen LogP contribution in [-0.2, 0) is 11.2 Å². The van der Waals surface area contributed by atoms with Crippen molar-refractivity contribution >= 4 is 13.0 Å². The number of benzene rings is 2. The van der Waals surface area contributed by atoms with Gasteiger partial charge in [-0.25, -0.2) is 0 Å². The lowest BCUT2D eigenvalue weighted by Crippen LogP contribution is -2.47. The van der Waals surface area contributed by atoms with Gasteiger partial charge in [0.15, 0.2) is 0 Å². The van der Waals surface area contributed by atoms with Crippen molar-refractivity contribution in [1.29, 1.82) is 0 Å². The van der Waals surface area contributed by atoms with Crippen LogP contribution >= 0.6 is 0 Å². The van der Waals surface area contributed by atoms with E-state index in [0.29, 0.717) is 13.0 Å². The van der Waals surface area contributed by atoms with Crippen molar-refractivity contribution in [2.75, 3.05) is 13.7 Å². The third-order valence-electron chi connectivity index (χ3n) is 4.57. The minimum atomic E-state index is -1.64. The van der Waals surface area contributed by atoms with Gasteiger partial charge in [-0.3, -0.25) is 4.79 Å². The summed E-state index contributed by atoms with van der Waals surface area (Å²) in [5.74, 6) is 0.520. The van der Waals surface area contributed by atoms with E-state index in [2.05, 4.69) is 5.32 Å². The highest BCUT2D eigenvalue weighted by molar-refractivity contribution is 6.43. The molecule has 6 nitrogen and oxygen atoms in total. The summed E-state index contributed by atoms with van der Waals surface area (Å²) in [6, 6.07) is 14.9. The maximum atomic E-state index is 12.3. The predicted molar refractivity (Wildman–Crippen MR) is 98.1 cm³/mol. The van der Waals surface area contributed by atoms with Gasteiger partial charge in [0, 0.05) is 11.5 Å². The number of amides is 1. The summed E-state index contributed by atoms with van der Waals surface area (Å²) in [4.78, 5) is 12.3. The molecule has 0 bridgehead atoms. The number of carbonyl (C=O) groups is 1. The number of carbonyl (C=O) groups excluding carboxylic acids is 1. The van der Waals surface area contributed by atoms with Crippen molar-refractivity contribution in [3.63, 3.8) is 0 Å². The van der Waals surface area contributed by atoms with Crippen molar-refractivity contribution in [1.82, 2.24) is 5.32 Å². The Morgan fingerprint density at radius 3 is 2.69 bits per heavy atom. The number of methoxy groups -OCH3 is 1. The van der Waals surface area contributed by atoms with Crippen LogP contribution < -0.4 is 14.8 Å². The van der Waals surface area contributed by atoms with E-state index in [0.717, 1.165) is 22.6 Å². The SMILES string of the molecule is COc1ccc(CC(=O)N[C@@H](C[C@H]2COc3ccccc32)B(O)O)cc1. The standard InChI is InChI=1S/C19H22BNO5/c1-25-15-8-6-13(7-9-15)10-19(22)21-18(20(23)24)11-14-12-26-17-5-3-2-4-16(14)17/h2-9,14,18,23-24H,10-12H2,1H3,(H,21,22)/t14-,18-/m0/s1. The zero-order valence-electron chi connectivity index (χ0n) is 14.6. The molecule has 136 valence electrons. The predicted octanol–water partition coefficient (Wildman–Crippen LogP) is 1.30. The van der Waals surface area contributed by atoms with Crippen molar-refractivity contribution in [3.05, 3.63) is 59.7 Å². The minimum Gasteiger partial charge on any atom is -0.497 e. The summed E-state index contributed by atoms with van der Waals surface area (Å²) in [7, 11) is -0.0533. The fourth-order valence-electron chi connectivity index (χ4n) is 3.17. The van der Waals surface area contributed by atoms with Gasteiger partial charge in [-0.05, 0) is 30.2 Å². The van der Waals surface area contributed by atoms with Crippen LogP contribution in [0.25, 0.3) is 0 Å². The van der Waals surface area contributed by atoms with E-state index in [9.17, 15) is 14.8 Å². The number of para-hydroxylation sites is 1. The highest BCUT2D eigenvalue weighted by atomic mass is 16.5. The first-order chi connectivity index (χ1) is 12.6. The number of ether oxygens (including phenoxy) is 2. The number of nitrogens with one attached hydrogen (secondary N) is 1. The van der Waals surface area contributed by atoms with Crippen molar-refractivity contribution in [2.45, 2.75) is 24.7 Å². The smallest absolute Gasteiger partial charge is 0.475 e. The molecule has 7 heteroatoms. The second-order valence-corrected chi connectivity index (χ2v) is 6.39. The number of hydrogen-bond acceptors (Lipinski definition) is 5. The topological polar surface area (TPSA) is 88.0 Å². The van der Waals surface area contributed by atoms with E-state index < -0.39 is 13.1 Å². The number of hydrogen-bond donors (Lipinski definition) is 3. The first-order valence-electron chi connectivity index (χ1n) is 8.57. The van der Waals surface area contributed by atoms with E-state index in [1.54, 1.807) is 19.2 Å². The first kappa shape index (κ1) is 18.3. The summed E-state index contributed by atoms with van der Waals surface area (Å²) < 4.78 is 10.7. The van der Waals surface area contributed by atoms with Gasteiger partial charge < -0.3 is 24.8 Å². The lowest BCUT2D eigenvalue weighted by Gasteiger charge is -2.21. The zero-order valence-corrected chi connectivity index (χ0v) is 14.6. The highest BCUT2D eigenvalue weighted by Crippen LogP contribution is 2.36. The molecular formula is C19H22BNO5. The molecule has 0 unspecified atom stereocenters. The van der Waals surface area contributed by atoms with E-state index in [4.69, 9.17) is 9.47 Å². The Morgan fingerprint density at radius 1 is 1.27 bits per heavy atom. The molecule has 0 aliphatic carbocycles. The van der Waals surface area contributed by atoms with Crippen LogP contribution in [0, 0.1) is 0 Å². The Labute approximate surface area is 152 Å². The molecule has 26 heavy (non-hydrogen) atoms. The number of fused-ring (bicyclic) bond motifs is 1. The first-order valence-corrected chi connectivity index (χ1v) is 8.57. The Kier molecular flexibility index (Phi) is 5.80. The van der Waals surface area contributed by atoms with Crippen LogP contribution in [0.1, 0.15) is 23.5 Å². The van der Waals surface area contributed by atoms with Crippen molar-refractivity contribution in [2.24, 2.45) is 0 Å². The third-order valence-corrected chi connectivity index (χ3v) is 4.57. The highest BCUT2D eigenvalue weighted by Gasteiger charge is 2.32. The molecule has 0 aromatic heterocycles. The van der Waals surface area contributed by atoms with Gasteiger partial charge in [0.1, 0.15) is 11.5 Å². The fraction of sp³-hybridized carbons (Fsp3) is 0.316. The van der Waals surface area contributed by atoms with Gasteiger partial charge in [-0.15, -0.1) is 0 Å². The Balaban J connectivity index is 1.60. The van der Waals surface area contributed by atoms with Gasteiger partial charge >= 0.3 is 7.12 Å². The number of rotatable bonds is 7. The van der Waals surface area contributed by atoms with E-state index in [1.807, 2.05) is 36.4 Å². The van der Waals surface area contributed by atoms with Crippen molar-refractivity contribution in [3.8, 4) is 11.5 Å². The molecule has 3 rings (SSSR count). The lowest BCUT2D eigenvalue weighted by molar-refractivity contribution is -0.120. The average molecular weight is 355 g/mol. The van der Waals surface area contributed by atoms with Crippen molar-refractivity contribution < 1.29 is 24.3 Å².